The molecule has 3 rings (SSSR count). The number of anilines is 1. The fraction of sp³-hybridized carbons (Fsp3) is 0.250. The van der Waals surface area contributed by atoms with Crippen LogP contribution in [-0.4, -0.2) is 62.9 Å². The zero-order chi connectivity index (χ0) is 22.2. The molecule has 0 aliphatic heterocycles. The lowest BCUT2D eigenvalue weighted by Crippen LogP contribution is -2.36. The van der Waals surface area contributed by atoms with Gasteiger partial charge in [0.2, 0.25) is 17.0 Å². The summed E-state index contributed by atoms with van der Waals surface area (Å²) in [5.74, 6) is -0.388. The molecule has 0 saturated carbocycles. The lowest BCUT2D eigenvalue weighted by molar-refractivity contribution is -0.131. The average molecular weight is 444 g/mol. The Kier molecular flexibility index (Phi) is 7.55. The van der Waals surface area contributed by atoms with E-state index in [4.69, 9.17) is 4.74 Å². The number of carbonyl (C=O) groups is 2. The molecule has 11 heteroatoms. The highest BCUT2D eigenvalue weighted by Crippen LogP contribution is 2.26. The Balaban J connectivity index is 1.57. The van der Waals surface area contributed by atoms with E-state index in [-0.39, 0.29) is 24.1 Å². The summed E-state index contributed by atoms with van der Waals surface area (Å²) in [7, 11) is 1.53. The zero-order valence-corrected chi connectivity index (χ0v) is 17.8. The molecule has 0 spiro atoms. The summed E-state index contributed by atoms with van der Waals surface area (Å²) in [4.78, 5) is 25.9. The van der Waals surface area contributed by atoms with Crippen molar-refractivity contribution in [2.45, 2.75) is 12.1 Å². The normalized spacial score (nSPS) is 10.5. The molecule has 162 valence electrons. The van der Waals surface area contributed by atoms with Crippen LogP contribution in [0.5, 0.6) is 5.75 Å². The first-order chi connectivity index (χ1) is 15.0. The van der Waals surface area contributed by atoms with Gasteiger partial charge in [-0.05, 0) is 53.7 Å². The number of nitrogens with one attached hydrogen (secondary N) is 1. The molecule has 1 aromatic heterocycles. The molecule has 0 aliphatic rings. The number of halogens is 1. The van der Waals surface area contributed by atoms with Crippen LogP contribution in [-0.2, 0) is 9.59 Å². The number of ether oxygens (including phenoxy) is 1. The Labute approximate surface area is 182 Å². The van der Waals surface area contributed by atoms with Gasteiger partial charge < -0.3 is 15.0 Å². The number of likely N-dealkylation sites (N-methyl/N-ethyl adjacent to an activating group) is 1. The SMILES string of the molecule is CCOc1ccccc1-n1nnnc1SCC(=O)N(C)CC(=O)Nc1ccc(F)cc1. The molecule has 1 heterocycles. The van der Waals surface area contributed by atoms with Crippen LogP contribution >= 0.6 is 11.8 Å². The first kappa shape index (κ1) is 22.2. The fourth-order valence-electron chi connectivity index (χ4n) is 2.60. The van der Waals surface area contributed by atoms with Gasteiger partial charge in [-0.2, -0.15) is 4.68 Å². The maximum Gasteiger partial charge on any atom is 0.243 e. The third-order valence-electron chi connectivity index (χ3n) is 4.09. The molecular formula is C20H21FN6O3S. The summed E-state index contributed by atoms with van der Waals surface area (Å²) in [6.07, 6.45) is 0. The molecule has 3 aromatic rings. The third kappa shape index (κ3) is 6.01. The second-order valence-corrected chi connectivity index (χ2v) is 7.31. The summed E-state index contributed by atoms with van der Waals surface area (Å²) in [6, 6.07) is 12.7. The first-order valence-electron chi connectivity index (χ1n) is 9.40. The van der Waals surface area contributed by atoms with Gasteiger partial charge >= 0.3 is 0 Å². The van der Waals surface area contributed by atoms with Gasteiger partial charge in [-0.1, -0.05) is 23.9 Å². The second-order valence-electron chi connectivity index (χ2n) is 6.37. The fourth-order valence-corrected chi connectivity index (χ4v) is 3.43. The van der Waals surface area contributed by atoms with Crippen molar-refractivity contribution in [2.24, 2.45) is 0 Å². The number of nitrogens with zero attached hydrogens (tertiary/aromatic N) is 5. The minimum Gasteiger partial charge on any atom is -0.492 e. The highest BCUT2D eigenvalue weighted by atomic mass is 32.2. The van der Waals surface area contributed by atoms with Crippen LogP contribution in [0.2, 0.25) is 0 Å². The standard InChI is InChI=1S/C20H21FN6O3S/c1-3-30-17-7-5-4-6-16(17)27-20(23-24-25-27)31-13-19(29)26(2)12-18(28)22-15-10-8-14(21)9-11-15/h4-11H,3,12-13H2,1-2H3,(H,22,28). The average Bonchev–Trinajstić information content (AvgIpc) is 3.22. The predicted molar refractivity (Wildman–Crippen MR) is 114 cm³/mol. The lowest BCUT2D eigenvalue weighted by atomic mass is 10.3. The van der Waals surface area contributed by atoms with Gasteiger partial charge in [-0.25, -0.2) is 4.39 Å². The molecule has 2 amide bonds. The quantitative estimate of drug-likeness (QED) is 0.506. The van der Waals surface area contributed by atoms with E-state index in [9.17, 15) is 14.0 Å². The number of para-hydroxylation sites is 2. The van der Waals surface area contributed by atoms with Gasteiger partial charge in [-0.3, -0.25) is 9.59 Å². The van der Waals surface area contributed by atoms with Crippen LogP contribution in [0.4, 0.5) is 10.1 Å². The molecule has 0 fully saturated rings. The number of aromatic nitrogens is 4. The molecule has 0 bridgehead atoms. The van der Waals surface area contributed by atoms with Gasteiger partial charge in [-0.15, -0.1) is 5.10 Å². The van der Waals surface area contributed by atoms with Crippen molar-refractivity contribution in [1.82, 2.24) is 25.1 Å². The maximum atomic E-state index is 12.9. The summed E-state index contributed by atoms with van der Waals surface area (Å²) in [5, 5.41) is 14.7. The minimum absolute atomic E-state index is 0.0392. The van der Waals surface area contributed by atoms with Crippen LogP contribution in [0, 0.1) is 5.82 Å². The number of carbonyl (C=O) groups excluding carboxylic acids is 2. The van der Waals surface area contributed by atoms with Crippen molar-refractivity contribution >= 4 is 29.3 Å². The van der Waals surface area contributed by atoms with E-state index in [1.54, 1.807) is 0 Å². The Hall–Kier alpha value is -3.47. The smallest absolute Gasteiger partial charge is 0.243 e. The van der Waals surface area contributed by atoms with E-state index in [2.05, 4.69) is 20.8 Å². The molecular weight excluding hydrogens is 423 g/mol. The monoisotopic (exact) mass is 444 g/mol. The first-order valence-corrected chi connectivity index (χ1v) is 10.4. The van der Waals surface area contributed by atoms with E-state index in [1.165, 1.54) is 40.9 Å². The number of hydrogen-bond acceptors (Lipinski definition) is 7. The number of tetrazole rings is 1. The zero-order valence-electron chi connectivity index (χ0n) is 17.0. The van der Waals surface area contributed by atoms with E-state index in [0.29, 0.717) is 28.9 Å². The van der Waals surface area contributed by atoms with E-state index in [0.717, 1.165) is 11.8 Å². The van der Waals surface area contributed by atoms with Crippen molar-refractivity contribution < 1.29 is 18.7 Å². The van der Waals surface area contributed by atoms with Gasteiger partial charge in [0.25, 0.3) is 0 Å². The maximum absolute atomic E-state index is 12.9. The highest BCUT2D eigenvalue weighted by molar-refractivity contribution is 7.99. The predicted octanol–water partition coefficient (Wildman–Crippen LogP) is 2.39. The summed E-state index contributed by atoms with van der Waals surface area (Å²) >= 11 is 1.15. The molecule has 0 aliphatic carbocycles. The second kappa shape index (κ2) is 10.5. The number of thioether (sulfide) groups is 1. The van der Waals surface area contributed by atoms with Crippen molar-refractivity contribution in [2.75, 3.05) is 31.3 Å². The number of benzene rings is 2. The van der Waals surface area contributed by atoms with Crippen LogP contribution < -0.4 is 10.1 Å². The van der Waals surface area contributed by atoms with Crippen LogP contribution in [0.15, 0.2) is 53.7 Å². The Morgan fingerprint density at radius 3 is 2.68 bits per heavy atom. The molecule has 0 radical (unpaired) electrons. The van der Waals surface area contributed by atoms with Crippen LogP contribution in [0.25, 0.3) is 5.69 Å². The molecule has 2 aromatic carbocycles. The largest absolute Gasteiger partial charge is 0.492 e. The van der Waals surface area contributed by atoms with Crippen LogP contribution in [0.1, 0.15) is 6.92 Å². The number of rotatable bonds is 9. The van der Waals surface area contributed by atoms with Gasteiger partial charge in [0, 0.05) is 12.7 Å². The molecule has 0 unspecified atom stereocenters. The van der Waals surface area contributed by atoms with Gasteiger partial charge in [0.05, 0.1) is 18.9 Å². The van der Waals surface area contributed by atoms with Gasteiger partial charge in [0.1, 0.15) is 17.3 Å². The highest BCUT2D eigenvalue weighted by Gasteiger charge is 2.18. The Morgan fingerprint density at radius 1 is 1.19 bits per heavy atom. The van der Waals surface area contributed by atoms with E-state index < -0.39 is 5.82 Å². The molecule has 31 heavy (non-hydrogen) atoms. The van der Waals surface area contributed by atoms with Gasteiger partial charge in [0.15, 0.2) is 0 Å². The van der Waals surface area contributed by atoms with Crippen molar-refractivity contribution in [1.29, 1.82) is 0 Å². The Morgan fingerprint density at radius 2 is 1.94 bits per heavy atom. The van der Waals surface area contributed by atoms with Crippen molar-refractivity contribution in [3.05, 3.63) is 54.3 Å². The summed E-state index contributed by atoms with van der Waals surface area (Å²) in [5.41, 5.74) is 1.12. The van der Waals surface area contributed by atoms with Crippen LogP contribution in [0.3, 0.4) is 0 Å². The number of amides is 2. The third-order valence-corrected chi connectivity index (χ3v) is 5.00. The van der Waals surface area contributed by atoms with Crippen molar-refractivity contribution in [3.8, 4) is 11.4 Å². The summed E-state index contributed by atoms with van der Waals surface area (Å²) in [6.45, 7) is 2.23. The molecule has 0 atom stereocenters. The Bertz CT molecular complexity index is 1040. The summed E-state index contributed by atoms with van der Waals surface area (Å²) < 4.78 is 20.1. The molecule has 0 saturated heterocycles. The van der Waals surface area contributed by atoms with E-state index >= 15 is 0 Å². The van der Waals surface area contributed by atoms with Crippen molar-refractivity contribution in [3.63, 3.8) is 0 Å². The lowest BCUT2D eigenvalue weighted by Gasteiger charge is -2.16. The topological polar surface area (TPSA) is 102 Å². The minimum atomic E-state index is -0.395. The molecule has 1 N–H and O–H groups in total. The number of hydrogen-bond donors (Lipinski definition) is 1. The van der Waals surface area contributed by atoms with E-state index in [1.807, 2.05) is 31.2 Å². The molecule has 9 nitrogen and oxygen atoms in total.